The van der Waals surface area contributed by atoms with Crippen molar-refractivity contribution in [3.63, 3.8) is 0 Å². The van der Waals surface area contributed by atoms with Crippen molar-refractivity contribution in [2.24, 2.45) is 0 Å². The summed E-state index contributed by atoms with van der Waals surface area (Å²) in [4.78, 5) is 9.51. The Labute approximate surface area is 86.2 Å². The van der Waals surface area contributed by atoms with E-state index in [-0.39, 0.29) is 0 Å². The molecule has 70 valence electrons. The number of nitrogens with zero attached hydrogens (tertiary/aromatic N) is 2. The Morgan fingerprint density at radius 2 is 2.50 bits per heavy atom. The number of hydrogen-bond donors (Lipinski definition) is 1. The SMILES string of the molecule is CC#CCNc1ncc2ccsc2n1. The molecule has 14 heavy (non-hydrogen) atoms. The zero-order valence-electron chi connectivity index (χ0n) is 7.74. The smallest absolute Gasteiger partial charge is 0.224 e. The Morgan fingerprint density at radius 1 is 1.57 bits per heavy atom. The molecule has 3 nitrogen and oxygen atoms in total. The quantitative estimate of drug-likeness (QED) is 0.760. The molecule has 0 spiro atoms. The van der Waals surface area contributed by atoms with Crippen molar-refractivity contribution >= 4 is 27.5 Å². The number of fused-ring (bicyclic) bond motifs is 1. The van der Waals surface area contributed by atoms with E-state index in [0.717, 1.165) is 10.2 Å². The molecule has 1 N–H and O–H groups in total. The lowest BCUT2D eigenvalue weighted by Gasteiger charge is -1.98. The van der Waals surface area contributed by atoms with E-state index < -0.39 is 0 Å². The van der Waals surface area contributed by atoms with Gasteiger partial charge in [0, 0.05) is 11.6 Å². The van der Waals surface area contributed by atoms with Crippen molar-refractivity contribution in [3.8, 4) is 11.8 Å². The zero-order chi connectivity index (χ0) is 9.80. The third-order valence-corrected chi connectivity index (χ3v) is 2.54. The monoisotopic (exact) mass is 203 g/mol. The maximum atomic E-state index is 4.34. The van der Waals surface area contributed by atoms with E-state index in [2.05, 4.69) is 27.1 Å². The van der Waals surface area contributed by atoms with Gasteiger partial charge in [0.25, 0.3) is 0 Å². The summed E-state index contributed by atoms with van der Waals surface area (Å²) in [5.41, 5.74) is 0. The standard InChI is InChI=1S/C10H9N3S/c1-2-3-5-11-10-12-7-8-4-6-14-9(8)13-10/h4,6-7H,5H2,1H3,(H,11,12,13). The van der Waals surface area contributed by atoms with Crippen LogP contribution >= 0.6 is 11.3 Å². The fourth-order valence-electron chi connectivity index (χ4n) is 1.05. The maximum absolute atomic E-state index is 4.34. The van der Waals surface area contributed by atoms with Crippen LogP contribution in [0.2, 0.25) is 0 Å². The van der Waals surface area contributed by atoms with E-state index in [4.69, 9.17) is 0 Å². The van der Waals surface area contributed by atoms with Crippen molar-refractivity contribution in [2.45, 2.75) is 6.92 Å². The van der Waals surface area contributed by atoms with E-state index in [1.165, 1.54) is 0 Å². The van der Waals surface area contributed by atoms with Gasteiger partial charge in [0.05, 0.1) is 6.54 Å². The topological polar surface area (TPSA) is 37.8 Å². The van der Waals surface area contributed by atoms with Gasteiger partial charge in [0.2, 0.25) is 5.95 Å². The molecular formula is C10H9N3S. The summed E-state index contributed by atoms with van der Waals surface area (Å²) in [5, 5.41) is 6.13. The van der Waals surface area contributed by atoms with E-state index in [0.29, 0.717) is 12.5 Å². The van der Waals surface area contributed by atoms with Crippen LogP contribution in [0.5, 0.6) is 0 Å². The number of hydrogen-bond acceptors (Lipinski definition) is 4. The highest BCUT2D eigenvalue weighted by molar-refractivity contribution is 7.16. The van der Waals surface area contributed by atoms with E-state index >= 15 is 0 Å². The number of thiophene rings is 1. The van der Waals surface area contributed by atoms with Crippen molar-refractivity contribution < 1.29 is 0 Å². The maximum Gasteiger partial charge on any atom is 0.224 e. The second-order valence-corrected chi connectivity index (χ2v) is 3.55. The molecule has 0 amide bonds. The van der Waals surface area contributed by atoms with Gasteiger partial charge < -0.3 is 5.32 Å². The van der Waals surface area contributed by atoms with Gasteiger partial charge in [0.15, 0.2) is 0 Å². The van der Waals surface area contributed by atoms with Gasteiger partial charge in [-0.15, -0.1) is 17.3 Å². The van der Waals surface area contributed by atoms with Crippen LogP contribution in [0.4, 0.5) is 5.95 Å². The molecule has 0 bridgehead atoms. The van der Waals surface area contributed by atoms with Crippen LogP contribution in [-0.2, 0) is 0 Å². The Hall–Kier alpha value is -1.60. The summed E-state index contributed by atoms with van der Waals surface area (Å²) < 4.78 is 0. The third-order valence-electron chi connectivity index (χ3n) is 1.72. The van der Waals surface area contributed by atoms with E-state index in [9.17, 15) is 0 Å². The molecule has 2 aromatic rings. The molecule has 0 aliphatic rings. The Morgan fingerprint density at radius 3 is 3.36 bits per heavy atom. The molecule has 2 aromatic heterocycles. The summed E-state index contributed by atoms with van der Waals surface area (Å²) >= 11 is 1.61. The average molecular weight is 203 g/mol. The van der Waals surface area contributed by atoms with Gasteiger partial charge in [-0.3, -0.25) is 0 Å². The van der Waals surface area contributed by atoms with Crippen molar-refractivity contribution in [1.29, 1.82) is 0 Å². The van der Waals surface area contributed by atoms with Crippen LogP contribution in [0, 0.1) is 11.8 Å². The van der Waals surface area contributed by atoms with E-state index in [1.54, 1.807) is 11.3 Å². The molecule has 0 saturated heterocycles. The molecule has 0 aliphatic carbocycles. The van der Waals surface area contributed by atoms with Crippen LogP contribution in [0.3, 0.4) is 0 Å². The van der Waals surface area contributed by atoms with Crippen LogP contribution in [0.25, 0.3) is 10.2 Å². The molecule has 0 unspecified atom stereocenters. The van der Waals surface area contributed by atoms with Crippen LogP contribution < -0.4 is 5.32 Å². The van der Waals surface area contributed by atoms with Gasteiger partial charge in [-0.1, -0.05) is 5.92 Å². The molecule has 0 fully saturated rings. The van der Waals surface area contributed by atoms with Gasteiger partial charge >= 0.3 is 0 Å². The summed E-state index contributed by atoms with van der Waals surface area (Å²) in [7, 11) is 0. The predicted octanol–water partition coefficient (Wildman–Crippen LogP) is 2.13. The normalized spacial score (nSPS) is 9.50. The minimum absolute atomic E-state index is 0.591. The van der Waals surface area contributed by atoms with Gasteiger partial charge in [-0.05, 0) is 18.4 Å². The molecule has 0 saturated carbocycles. The summed E-state index contributed by atoms with van der Waals surface area (Å²) in [5.74, 6) is 6.35. The van der Waals surface area contributed by atoms with Crippen molar-refractivity contribution in [1.82, 2.24) is 9.97 Å². The molecule has 0 radical (unpaired) electrons. The minimum Gasteiger partial charge on any atom is -0.343 e. The second kappa shape index (κ2) is 4.07. The largest absolute Gasteiger partial charge is 0.343 e. The lowest BCUT2D eigenvalue weighted by atomic mass is 10.4. The number of nitrogens with one attached hydrogen (secondary N) is 1. The molecular weight excluding hydrogens is 194 g/mol. The fraction of sp³-hybridized carbons (Fsp3) is 0.200. The fourth-order valence-corrected chi connectivity index (χ4v) is 1.79. The first kappa shape index (κ1) is 8.97. The number of rotatable bonds is 2. The average Bonchev–Trinajstić information content (AvgIpc) is 2.65. The highest BCUT2D eigenvalue weighted by atomic mass is 32.1. The van der Waals surface area contributed by atoms with Crippen LogP contribution in [0.1, 0.15) is 6.92 Å². The van der Waals surface area contributed by atoms with Crippen LogP contribution in [0.15, 0.2) is 17.6 Å². The number of anilines is 1. The number of aromatic nitrogens is 2. The molecule has 4 heteroatoms. The molecule has 0 aliphatic heterocycles. The van der Waals surface area contributed by atoms with Gasteiger partial charge in [-0.2, -0.15) is 0 Å². The lowest BCUT2D eigenvalue weighted by Crippen LogP contribution is -2.02. The van der Waals surface area contributed by atoms with Gasteiger partial charge in [-0.25, -0.2) is 9.97 Å². The van der Waals surface area contributed by atoms with Crippen molar-refractivity contribution in [3.05, 3.63) is 17.6 Å². The molecule has 0 atom stereocenters. The first-order valence-electron chi connectivity index (χ1n) is 4.24. The van der Waals surface area contributed by atoms with E-state index in [1.807, 2.05) is 24.6 Å². The summed E-state index contributed by atoms with van der Waals surface area (Å²) in [6, 6.07) is 2.01. The summed E-state index contributed by atoms with van der Waals surface area (Å²) in [6.07, 6.45) is 1.82. The van der Waals surface area contributed by atoms with Crippen molar-refractivity contribution in [2.75, 3.05) is 11.9 Å². The minimum atomic E-state index is 0.591. The molecule has 2 heterocycles. The Balaban J connectivity index is 2.20. The predicted molar refractivity (Wildman–Crippen MR) is 59.4 cm³/mol. The first-order valence-corrected chi connectivity index (χ1v) is 5.12. The summed E-state index contributed by atoms with van der Waals surface area (Å²) in [6.45, 7) is 2.40. The molecule has 0 aromatic carbocycles. The van der Waals surface area contributed by atoms with Gasteiger partial charge in [0.1, 0.15) is 4.83 Å². The third kappa shape index (κ3) is 1.83. The second-order valence-electron chi connectivity index (χ2n) is 2.66. The van der Waals surface area contributed by atoms with Crippen LogP contribution in [-0.4, -0.2) is 16.5 Å². The lowest BCUT2D eigenvalue weighted by molar-refractivity contribution is 1.17. The first-order chi connectivity index (χ1) is 6.90. The highest BCUT2D eigenvalue weighted by Gasteiger charge is 1.98. The Kier molecular flexibility index (Phi) is 2.61. The highest BCUT2D eigenvalue weighted by Crippen LogP contribution is 2.18. The molecule has 2 rings (SSSR count). The zero-order valence-corrected chi connectivity index (χ0v) is 8.56. The Bertz CT molecular complexity index is 493.